The highest BCUT2D eigenvalue weighted by Gasteiger charge is 2.40. The molecule has 132 valence electrons. The van der Waals surface area contributed by atoms with Crippen LogP contribution in [0.5, 0.6) is 5.75 Å². The summed E-state index contributed by atoms with van der Waals surface area (Å²) >= 11 is 0. The Labute approximate surface area is 147 Å². The van der Waals surface area contributed by atoms with Gasteiger partial charge in [0.15, 0.2) is 0 Å². The first kappa shape index (κ1) is 17.3. The molecule has 1 aliphatic carbocycles. The van der Waals surface area contributed by atoms with Gasteiger partial charge in [-0.05, 0) is 43.5 Å². The number of phenols is 1. The fourth-order valence-electron chi connectivity index (χ4n) is 3.71. The van der Waals surface area contributed by atoms with E-state index in [1.807, 2.05) is 6.92 Å². The van der Waals surface area contributed by atoms with E-state index >= 15 is 0 Å². The standard InChI is InChI=1S/C20H23NO4/c1-13-18(20(24)25-2)17(12-14-8-10-16(22)11-9-14)19(23)21(13)15-6-4-3-5-7-15/h8-12,15,22H,3-7H2,1-2H3/b17-12-. The third-order valence-corrected chi connectivity index (χ3v) is 4.98. The summed E-state index contributed by atoms with van der Waals surface area (Å²) < 4.78 is 4.92. The highest BCUT2D eigenvalue weighted by molar-refractivity contribution is 6.16. The van der Waals surface area contributed by atoms with Crippen LogP contribution in [0.4, 0.5) is 0 Å². The number of methoxy groups -OCH3 is 1. The van der Waals surface area contributed by atoms with Crippen LogP contribution in [-0.4, -0.2) is 35.0 Å². The van der Waals surface area contributed by atoms with Crippen LogP contribution in [0.15, 0.2) is 41.1 Å². The van der Waals surface area contributed by atoms with Gasteiger partial charge < -0.3 is 14.7 Å². The molecule has 0 bridgehead atoms. The molecule has 1 aliphatic heterocycles. The van der Waals surface area contributed by atoms with Crippen molar-refractivity contribution < 1.29 is 19.4 Å². The first-order chi connectivity index (χ1) is 12.0. The molecule has 5 heteroatoms. The lowest BCUT2D eigenvalue weighted by molar-refractivity contribution is -0.136. The molecule has 0 aromatic heterocycles. The molecule has 5 nitrogen and oxygen atoms in total. The molecular formula is C20H23NO4. The Morgan fingerprint density at radius 1 is 1.20 bits per heavy atom. The quantitative estimate of drug-likeness (QED) is 0.676. The van der Waals surface area contributed by atoms with Gasteiger partial charge in [-0.1, -0.05) is 31.4 Å². The average molecular weight is 341 g/mol. The molecule has 0 spiro atoms. The van der Waals surface area contributed by atoms with Crippen molar-refractivity contribution in [3.05, 3.63) is 46.7 Å². The molecule has 3 rings (SSSR count). The van der Waals surface area contributed by atoms with E-state index in [0.717, 1.165) is 31.2 Å². The number of allylic oxidation sites excluding steroid dienone is 1. The van der Waals surface area contributed by atoms with Gasteiger partial charge in [-0.3, -0.25) is 4.79 Å². The largest absolute Gasteiger partial charge is 0.508 e. The van der Waals surface area contributed by atoms with Crippen molar-refractivity contribution in [3.63, 3.8) is 0 Å². The van der Waals surface area contributed by atoms with Gasteiger partial charge in [-0.25, -0.2) is 4.79 Å². The summed E-state index contributed by atoms with van der Waals surface area (Å²) in [6.07, 6.45) is 7.02. The van der Waals surface area contributed by atoms with E-state index in [9.17, 15) is 14.7 Å². The Morgan fingerprint density at radius 2 is 1.84 bits per heavy atom. The molecule has 0 radical (unpaired) electrons. The molecular weight excluding hydrogens is 318 g/mol. The predicted molar refractivity (Wildman–Crippen MR) is 94.5 cm³/mol. The summed E-state index contributed by atoms with van der Waals surface area (Å²) in [6, 6.07) is 6.68. The number of benzene rings is 1. The number of ether oxygens (including phenoxy) is 1. The molecule has 1 aromatic carbocycles. The number of amides is 1. The van der Waals surface area contributed by atoms with Crippen molar-refractivity contribution in [2.75, 3.05) is 7.11 Å². The van der Waals surface area contributed by atoms with Crippen LogP contribution < -0.4 is 0 Å². The van der Waals surface area contributed by atoms with Gasteiger partial charge in [0.1, 0.15) is 5.75 Å². The Kier molecular flexibility index (Phi) is 4.93. The normalized spacial score (nSPS) is 20.5. The van der Waals surface area contributed by atoms with Crippen molar-refractivity contribution in [1.82, 2.24) is 4.90 Å². The molecule has 1 aromatic rings. The van der Waals surface area contributed by atoms with Crippen molar-refractivity contribution in [2.45, 2.75) is 45.1 Å². The molecule has 0 unspecified atom stereocenters. The number of carbonyl (C=O) groups is 2. The number of carbonyl (C=O) groups excluding carboxylic acids is 2. The van der Waals surface area contributed by atoms with Crippen LogP contribution in [0.3, 0.4) is 0 Å². The van der Waals surface area contributed by atoms with E-state index in [-0.39, 0.29) is 17.7 Å². The second-order valence-electron chi connectivity index (χ2n) is 6.57. The Bertz CT molecular complexity index is 739. The van der Waals surface area contributed by atoms with E-state index in [0.29, 0.717) is 16.8 Å². The summed E-state index contributed by atoms with van der Waals surface area (Å²) in [5, 5.41) is 9.42. The first-order valence-electron chi connectivity index (χ1n) is 8.66. The molecule has 0 atom stereocenters. The fourth-order valence-corrected chi connectivity index (χ4v) is 3.71. The van der Waals surface area contributed by atoms with Crippen molar-refractivity contribution in [3.8, 4) is 5.75 Å². The fraction of sp³-hybridized carbons (Fsp3) is 0.400. The minimum Gasteiger partial charge on any atom is -0.508 e. The zero-order valence-electron chi connectivity index (χ0n) is 14.6. The Morgan fingerprint density at radius 3 is 2.44 bits per heavy atom. The van der Waals surface area contributed by atoms with Gasteiger partial charge in [-0.15, -0.1) is 0 Å². The summed E-state index contributed by atoms with van der Waals surface area (Å²) in [4.78, 5) is 27.2. The minimum atomic E-state index is -0.491. The lowest BCUT2D eigenvalue weighted by Crippen LogP contribution is -2.37. The molecule has 1 N–H and O–H groups in total. The highest BCUT2D eigenvalue weighted by Crippen LogP contribution is 2.36. The number of aromatic hydroxyl groups is 1. The lowest BCUT2D eigenvalue weighted by atomic mass is 9.94. The smallest absolute Gasteiger partial charge is 0.340 e. The number of rotatable bonds is 3. The first-order valence-corrected chi connectivity index (χ1v) is 8.66. The van der Waals surface area contributed by atoms with E-state index in [2.05, 4.69) is 0 Å². The number of hydrogen-bond donors (Lipinski definition) is 1. The number of hydrogen-bond acceptors (Lipinski definition) is 4. The van der Waals surface area contributed by atoms with Gasteiger partial charge >= 0.3 is 5.97 Å². The van der Waals surface area contributed by atoms with Crippen LogP contribution in [-0.2, 0) is 14.3 Å². The molecule has 25 heavy (non-hydrogen) atoms. The molecule has 1 amide bonds. The third kappa shape index (κ3) is 3.31. The van der Waals surface area contributed by atoms with Gasteiger partial charge in [0.2, 0.25) is 0 Å². The van der Waals surface area contributed by atoms with E-state index in [1.54, 1.807) is 35.2 Å². The molecule has 1 fully saturated rings. The Balaban J connectivity index is 2.02. The third-order valence-electron chi connectivity index (χ3n) is 4.98. The number of nitrogens with zero attached hydrogens (tertiary/aromatic N) is 1. The summed E-state index contributed by atoms with van der Waals surface area (Å²) in [6.45, 7) is 1.82. The topological polar surface area (TPSA) is 66.8 Å². The highest BCUT2D eigenvalue weighted by atomic mass is 16.5. The average Bonchev–Trinajstić information content (AvgIpc) is 2.87. The number of phenolic OH excluding ortho intramolecular Hbond substituents is 1. The van der Waals surface area contributed by atoms with Gasteiger partial charge in [0.05, 0.1) is 18.3 Å². The summed E-state index contributed by atoms with van der Waals surface area (Å²) in [5.41, 5.74) is 2.13. The van der Waals surface area contributed by atoms with Gasteiger partial charge in [-0.2, -0.15) is 0 Å². The lowest BCUT2D eigenvalue weighted by Gasteiger charge is -2.32. The van der Waals surface area contributed by atoms with Crippen LogP contribution in [0.2, 0.25) is 0 Å². The number of esters is 1. The van der Waals surface area contributed by atoms with Crippen molar-refractivity contribution >= 4 is 18.0 Å². The monoisotopic (exact) mass is 341 g/mol. The zero-order chi connectivity index (χ0) is 18.0. The molecule has 1 heterocycles. The van der Waals surface area contributed by atoms with E-state index < -0.39 is 5.97 Å². The Hall–Kier alpha value is -2.56. The van der Waals surface area contributed by atoms with E-state index in [1.165, 1.54) is 13.5 Å². The predicted octanol–water partition coefficient (Wildman–Crippen LogP) is 3.40. The maximum absolute atomic E-state index is 13.1. The molecule has 2 aliphatic rings. The summed E-state index contributed by atoms with van der Waals surface area (Å²) in [5.74, 6) is -0.476. The van der Waals surface area contributed by atoms with Crippen LogP contribution in [0.1, 0.15) is 44.6 Å². The van der Waals surface area contributed by atoms with Crippen molar-refractivity contribution in [1.29, 1.82) is 0 Å². The second-order valence-corrected chi connectivity index (χ2v) is 6.57. The maximum atomic E-state index is 13.1. The van der Waals surface area contributed by atoms with Gasteiger partial charge in [0.25, 0.3) is 5.91 Å². The van der Waals surface area contributed by atoms with Crippen molar-refractivity contribution in [2.24, 2.45) is 0 Å². The van der Waals surface area contributed by atoms with E-state index in [4.69, 9.17) is 4.74 Å². The maximum Gasteiger partial charge on any atom is 0.340 e. The van der Waals surface area contributed by atoms with Crippen LogP contribution in [0, 0.1) is 0 Å². The SMILES string of the molecule is COC(=O)C1=C(C)N(C2CCCCC2)C(=O)/C1=C\c1ccc(O)cc1. The minimum absolute atomic E-state index is 0.141. The van der Waals surface area contributed by atoms with Crippen LogP contribution >= 0.6 is 0 Å². The van der Waals surface area contributed by atoms with Gasteiger partial charge in [0, 0.05) is 11.7 Å². The molecule has 0 saturated heterocycles. The van der Waals surface area contributed by atoms with Crippen LogP contribution in [0.25, 0.3) is 6.08 Å². The second kappa shape index (κ2) is 7.13. The molecule has 1 saturated carbocycles. The summed E-state index contributed by atoms with van der Waals surface area (Å²) in [7, 11) is 1.33. The zero-order valence-corrected chi connectivity index (χ0v) is 14.6.